The lowest BCUT2D eigenvalue weighted by Crippen LogP contribution is -2.22. The lowest BCUT2D eigenvalue weighted by Gasteiger charge is -2.06. The fourth-order valence-corrected chi connectivity index (χ4v) is 1.45. The molecule has 0 radical (unpaired) electrons. The van der Waals surface area contributed by atoms with Gasteiger partial charge in [-0.2, -0.15) is 0 Å². The number of amides is 2. The first-order valence-corrected chi connectivity index (χ1v) is 5.70. The number of hydrogen-bond acceptors (Lipinski definition) is 2. The van der Waals surface area contributed by atoms with E-state index in [1.54, 1.807) is 7.05 Å². The van der Waals surface area contributed by atoms with Gasteiger partial charge in [0.25, 0.3) is 0 Å². The summed E-state index contributed by atoms with van der Waals surface area (Å²) in [5.74, 6) is 0.0152. The van der Waals surface area contributed by atoms with Crippen molar-refractivity contribution in [3.63, 3.8) is 0 Å². The number of carbonyl (C=O) groups excluding carboxylic acids is 2. The van der Waals surface area contributed by atoms with Crippen molar-refractivity contribution in [1.29, 1.82) is 0 Å². The van der Waals surface area contributed by atoms with Crippen molar-refractivity contribution in [3.8, 4) is 0 Å². The molecule has 0 saturated carbocycles. The number of nitrogens with one attached hydrogen (secondary N) is 2. The highest BCUT2D eigenvalue weighted by molar-refractivity contribution is 5.78. The first-order valence-electron chi connectivity index (χ1n) is 5.70. The van der Waals surface area contributed by atoms with Crippen LogP contribution in [0.1, 0.15) is 27.3 Å². The number of hydrogen-bond donors (Lipinski definition) is 2. The lowest BCUT2D eigenvalue weighted by atomic mass is 10.1. The third kappa shape index (κ3) is 4.68. The van der Waals surface area contributed by atoms with Crippen LogP contribution in [-0.2, 0) is 22.6 Å². The van der Waals surface area contributed by atoms with Gasteiger partial charge >= 0.3 is 0 Å². The normalized spacial score (nSPS) is 9.76. The molecule has 2 amide bonds. The molecule has 0 aliphatic heterocycles. The minimum Gasteiger partial charge on any atom is -0.359 e. The van der Waals surface area contributed by atoms with Gasteiger partial charge in [0.1, 0.15) is 0 Å². The first-order chi connectivity index (χ1) is 8.15. The average molecular weight is 238 g/mol. The van der Waals surface area contributed by atoms with Gasteiger partial charge in [-0.25, -0.2) is 0 Å². The standard InChI is InChI=1S/C13H18N2O2.2H2/c1-3-12(16)15-9-11-6-4-5-10(7-11)8-13(17)14-2;;/h4-7H,3,8-9H2,1-2H3,(H,14,17)(H,15,16);2*1H. The Bertz CT molecular complexity index is 411. The fraction of sp³-hybridized carbons (Fsp3) is 0.385. The molecule has 0 aromatic heterocycles. The van der Waals surface area contributed by atoms with Crippen molar-refractivity contribution in [3.05, 3.63) is 35.4 Å². The summed E-state index contributed by atoms with van der Waals surface area (Å²) < 4.78 is 0. The van der Waals surface area contributed by atoms with E-state index in [0.717, 1.165) is 11.1 Å². The third-order valence-corrected chi connectivity index (χ3v) is 2.45. The minimum absolute atomic E-state index is 0. The number of carbonyl (C=O) groups is 2. The Morgan fingerprint density at radius 1 is 1.24 bits per heavy atom. The Morgan fingerprint density at radius 3 is 2.59 bits per heavy atom. The van der Waals surface area contributed by atoms with E-state index < -0.39 is 0 Å². The Morgan fingerprint density at radius 2 is 1.94 bits per heavy atom. The van der Waals surface area contributed by atoms with E-state index in [1.165, 1.54) is 0 Å². The molecule has 0 heterocycles. The summed E-state index contributed by atoms with van der Waals surface area (Å²) in [6.45, 7) is 2.32. The van der Waals surface area contributed by atoms with Crippen molar-refractivity contribution in [2.24, 2.45) is 0 Å². The maximum atomic E-state index is 11.2. The van der Waals surface area contributed by atoms with Crippen LogP contribution in [0.25, 0.3) is 0 Å². The van der Waals surface area contributed by atoms with Gasteiger partial charge in [-0.05, 0) is 11.1 Å². The summed E-state index contributed by atoms with van der Waals surface area (Å²) in [4.78, 5) is 22.3. The van der Waals surface area contributed by atoms with Crippen molar-refractivity contribution in [2.45, 2.75) is 26.3 Å². The van der Waals surface area contributed by atoms with Gasteiger partial charge in [0.2, 0.25) is 11.8 Å². The summed E-state index contributed by atoms with van der Waals surface area (Å²) in [7, 11) is 1.62. The zero-order chi connectivity index (χ0) is 12.7. The second-order valence-corrected chi connectivity index (χ2v) is 3.80. The second kappa shape index (κ2) is 6.68. The second-order valence-electron chi connectivity index (χ2n) is 3.80. The molecule has 0 saturated heterocycles. The lowest BCUT2D eigenvalue weighted by molar-refractivity contribution is -0.121. The average Bonchev–Trinajstić information content (AvgIpc) is 2.36. The molecule has 0 unspecified atom stereocenters. The van der Waals surface area contributed by atoms with Gasteiger partial charge in [-0.3, -0.25) is 9.59 Å². The van der Waals surface area contributed by atoms with Crippen molar-refractivity contribution < 1.29 is 12.4 Å². The van der Waals surface area contributed by atoms with Crippen molar-refractivity contribution in [1.82, 2.24) is 10.6 Å². The molecule has 0 spiro atoms. The Labute approximate surface area is 104 Å². The van der Waals surface area contributed by atoms with E-state index in [9.17, 15) is 9.59 Å². The van der Waals surface area contributed by atoms with E-state index in [1.807, 2.05) is 31.2 Å². The Balaban J connectivity index is 0. The van der Waals surface area contributed by atoms with Gasteiger partial charge < -0.3 is 10.6 Å². The maximum absolute atomic E-state index is 11.2. The van der Waals surface area contributed by atoms with Crippen LogP contribution >= 0.6 is 0 Å². The van der Waals surface area contributed by atoms with Crippen molar-refractivity contribution >= 4 is 11.8 Å². The predicted molar refractivity (Wildman–Crippen MR) is 70.6 cm³/mol. The molecule has 4 heteroatoms. The zero-order valence-electron chi connectivity index (χ0n) is 10.2. The van der Waals surface area contributed by atoms with Crippen LogP contribution in [0.15, 0.2) is 24.3 Å². The molecular formula is C13H22N2O2. The van der Waals surface area contributed by atoms with E-state index in [-0.39, 0.29) is 14.7 Å². The molecule has 96 valence electrons. The maximum Gasteiger partial charge on any atom is 0.224 e. The highest BCUT2D eigenvalue weighted by Gasteiger charge is 2.02. The van der Waals surface area contributed by atoms with Gasteiger partial charge in [0.15, 0.2) is 0 Å². The van der Waals surface area contributed by atoms with Crippen molar-refractivity contribution in [2.75, 3.05) is 7.05 Å². The molecule has 1 rings (SSSR count). The number of benzene rings is 1. The molecule has 1 aromatic carbocycles. The monoisotopic (exact) mass is 238 g/mol. The summed E-state index contributed by atoms with van der Waals surface area (Å²) >= 11 is 0. The van der Waals surface area contributed by atoms with Crippen LogP contribution in [0.5, 0.6) is 0 Å². The van der Waals surface area contributed by atoms with E-state index in [4.69, 9.17) is 0 Å². The fourth-order valence-electron chi connectivity index (χ4n) is 1.45. The van der Waals surface area contributed by atoms with E-state index >= 15 is 0 Å². The van der Waals surface area contributed by atoms with Crippen LogP contribution in [-0.4, -0.2) is 18.9 Å². The highest BCUT2D eigenvalue weighted by Crippen LogP contribution is 2.06. The number of likely N-dealkylation sites (N-methyl/N-ethyl adjacent to an activating group) is 1. The van der Waals surface area contributed by atoms with Crippen LogP contribution in [0.3, 0.4) is 0 Å². The molecule has 1 aromatic rings. The molecule has 0 bridgehead atoms. The molecule has 0 aliphatic rings. The number of rotatable bonds is 5. The third-order valence-electron chi connectivity index (χ3n) is 2.45. The summed E-state index contributed by atoms with van der Waals surface area (Å²) in [5.41, 5.74) is 1.96. The molecule has 2 N–H and O–H groups in total. The molecule has 17 heavy (non-hydrogen) atoms. The Hall–Kier alpha value is -1.84. The predicted octanol–water partition coefficient (Wildman–Crippen LogP) is 1.49. The zero-order valence-corrected chi connectivity index (χ0v) is 10.2. The van der Waals surface area contributed by atoms with E-state index in [2.05, 4.69) is 10.6 Å². The SMILES string of the molecule is CCC(=O)NCc1cccc(CC(=O)NC)c1.[HH].[HH]. The molecule has 0 aliphatic carbocycles. The molecular weight excluding hydrogens is 216 g/mol. The van der Waals surface area contributed by atoms with E-state index in [0.29, 0.717) is 19.4 Å². The van der Waals surface area contributed by atoms with Crippen LogP contribution in [0.2, 0.25) is 0 Å². The first kappa shape index (κ1) is 13.2. The largest absolute Gasteiger partial charge is 0.359 e. The quantitative estimate of drug-likeness (QED) is 0.816. The van der Waals surface area contributed by atoms with Gasteiger partial charge in [0.05, 0.1) is 6.42 Å². The molecule has 4 nitrogen and oxygen atoms in total. The summed E-state index contributed by atoms with van der Waals surface area (Å²) in [5, 5.41) is 5.39. The summed E-state index contributed by atoms with van der Waals surface area (Å²) in [6, 6.07) is 7.67. The van der Waals surface area contributed by atoms with Crippen LogP contribution in [0.4, 0.5) is 0 Å². The van der Waals surface area contributed by atoms with Gasteiger partial charge in [0, 0.05) is 22.9 Å². The topological polar surface area (TPSA) is 58.2 Å². The minimum atomic E-state index is -0.0141. The Kier molecular flexibility index (Phi) is 5.20. The molecule has 0 fully saturated rings. The summed E-state index contributed by atoms with van der Waals surface area (Å²) in [6.07, 6.45) is 0.851. The van der Waals surface area contributed by atoms with Crippen LogP contribution < -0.4 is 10.6 Å². The molecule has 0 atom stereocenters. The van der Waals surface area contributed by atoms with Crippen LogP contribution in [0, 0.1) is 0 Å². The van der Waals surface area contributed by atoms with Gasteiger partial charge in [-0.1, -0.05) is 31.2 Å². The smallest absolute Gasteiger partial charge is 0.224 e. The van der Waals surface area contributed by atoms with Gasteiger partial charge in [-0.15, -0.1) is 0 Å². The highest BCUT2D eigenvalue weighted by atomic mass is 16.2.